The molecule has 0 bridgehead atoms. The van der Waals surface area contributed by atoms with Crippen molar-refractivity contribution in [1.29, 1.82) is 0 Å². The van der Waals surface area contributed by atoms with Crippen LogP contribution in [0.2, 0.25) is 5.02 Å². The maximum absolute atomic E-state index is 12.8. The second kappa shape index (κ2) is 7.70. The molecule has 1 aliphatic heterocycles. The predicted molar refractivity (Wildman–Crippen MR) is 117 cm³/mol. The first-order chi connectivity index (χ1) is 14.6. The molecule has 0 N–H and O–H groups in total. The van der Waals surface area contributed by atoms with Crippen LogP contribution in [-0.2, 0) is 0 Å². The zero-order valence-corrected chi connectivity index (χ0v) is 17.0. The minimum absolute atomic E-state index is 0.121. The highest BCUT2D eigenvalue weighted by Gasteiger charge is 2.28. The highest BCUT2D eigenvalue weighted by molar-refractivity contribution is 6.30. The van der Waals surface area contributed by atoms with Gasteiger partial charge in [-0.25, -0.2) is 4.39 Å². The molecule has 1 fully saturated rings. The van der Waals surface area contributed by atoms with Crippen molar-refractivity contribution in [2.45, 2.75) is 6.04 Å². The molecule has 0 radical (unpaired) electrons. The second-order valence-electron chi connectivity index (χ2n) is 7.55. The summed E-state index contributed by atoms with van der Waals surface area (Å²) >= 11 is 5.89. The summed E-state index contributed by atoms with van der Waals surface area (Å²) in [4.78, 5) is 19.1. The summed E-state index contributed by atoms with van der Waals surface area (Å²) in [5.74, 6) is 0. The van der Waals surface area contributed by atoms with Gasteiger partial charge in [-0.15, -0.1) is 0 Å². The van der Waals surface area contributed by atoms with Crippen LogP contribution in [0.3, 0.4) is 0 Å². The summed E-state index contributed by atoms with van der Waals surface area (Å²) in [6.07, 6.45) is 5.41. The van der Waals surface area contributed by atoms with Gasteiger partial charge in [0.15, 0.2) is 0 Å². The Balaban J connectivity index is 1.42. The Labute approximate surface area is 178 Å². The highest BCUT2D eigenvalue weighted by Crippen LogP contribution is 2.28. The van der Waals surface area contributed by atoms with Gasteiger partial charge in [-0.05, 0) is 42.5 Å². The van der Waals surface area contributed by atoms with E-state index in [0.29, 0.717) is 23.3 Å². The molecule has 1 aliphatic rings. The van der Waals surface area contributed by atoms with E-state index in [2.05, 4.69) is 26.7 Å². The predicted octanol–water partition coefficient (Wildman–Crippen LogP) is 4.33. The van der Waals surface area contributed by atoms with Gasteiger partial charge in [0, 0.05) is 66.4 Å². The Morgan fingerprint density at radius 1 is 1.07 bits per heavy atom. The summed E-state index contributed by atoms with van der Waals surface area (Å²) in [6, 6.07) is 15.5. The van der Waals surface area contributed by atoms with Crippen LogP contribution in [0.5, 0.6) is 0 Å². The first kappa shape index (κ1) is 19.0. The van der Waals surface area contributed by atoms with E-state index in [9.17, 15) is 9.18 Å². The largest absolute Gasteiger partial charge is 0.342 e. The number of pyridine rings is 2. The number of benzene rings is 1. The van der Waals surface area contributed by atoms with E-state index in [0.717, 1.165) is 35.2 Å². The Kier molecular flexibility index (Phi) is 4.89. The van der Waals surface area contributed by atoms with Crippen LogP contribution in [-0.4, -0.2) is 45.3 Å². The number of hydrogen-bond acceptors (Lipinski definition) is 3. The van der Waals surface area contributed by atoms with Gasteiger partial charge in [-0.2, -0.15) is 0 Å². The number of rotatable bonds is 5. The van der Waals surface area contributed by atoms with Gasteiger partial charge < -0.3 is 4.57 Å². The molecule has 30 heavy (non-hydrogen) atoms. The third kappa shape index (κ3) is 3.42. The molecule has 0 spiro atoms. The number of nitrogens with zero attached hydrogens (tertiary/aromatic N) is 4. The number of alkyl halides is 1. The number of hydrogen-bond donors (Lipinski definition) is 0. The van der Waals surface area contributed by atoms with Crippen molar-refractivity contribution in [2.75, 3.05) is 26.3 Å². The third-order valence-corrected chi connectivity index (χ3v) is 5.88. The Morgan fingerprint density at radius 3 is 2.67 bits per heavy atom. The van der Waals surface area contributed by atoms with E-state index in [-0.39, 0.29) is 12.2 Å². The number of fused-ring (bicyclic) bond motifs is 1. The summed E-state index contributed by atoms with van der Waals surface area (Å²) in [5.41, 5.74) is 3.28. The van der Waals surface area contributed by atoms with Crippen molar-refractivity contribution in [3.05, 3.63) is 82.5 Å². The monoisotopic (exact) mass is 422 g/mol. The van der Waals surface area contributed by atoms with Crippen LogP contribution in [0.1, 0.15) is 6.04 Å². The van der Waals surface area contributed by atoms with Gasteiger partial charge in [0.1, 0.15) is 6.67 Å². The molecule has 0 unspecified atom stereocenters. The van der Waals surface area contributed by atoms with Crippen molar-refractivity contribution in [3.63, 3.8) is 0 Å². The molecule has 0 amide bonds. The molecule has 0 saturated carbocycles. The standard InChI is InChI=1S/C23H20ClFN4O/c24-18-1-3-21(26-13-18)16-5-9-29(23(30)12-16)19-2-4-22-17(11-19)6-8-28(22)20-14-27(15-20)10-7-25/h1-6,8-9,11-13,20H,7,10,14-15H2. The smallest absolute Gasteiger partial charge is 0.255 e. The molecular formula is C23H20ClFN4O. The lowest BCUT2D eigenvalue weighted by atomic mass is 10.1. The van der Waals surface area contributed by atoms with Crippen LogP contribution >= 0.6 is 11.6 Å². The van der Waals surface area contributed by atoms with Gasteiger partial charge in [0.25, 0.3) is 5.56 Å². The molecule has 152 valence electrons. The highest BCUT2D eigenvalue weighted by atomic mass is 35.5. The van der Waals surface area contributed by atoms with Gasteiger partial charge in [0.2, 0.25) is 0 Å². The molecule has 3 aromatic heterocycles. The summed E-state index contributed by atoms with van der Waals surface area (Å²) in [5, 5.41) is 1.64. The molecule has 4 heterocycles. The average Bonchev–Trinajstić information content (AvgIpc) is 3.13. The maximum atomic E-state index is 12.8. The van der Waals surface area contributed by atoms with Crippen molar-refractivity contribution >= 4 is 22.5 Å². The molecule has 0 aliphatic carbocycles. The van der Waals surface area contributed by atoms with Crippen molar-refractivity contribution in [1.82, 2.24) is 19.0 Å². The zero-order valence-electron chi connectivity index (χ0n) is 16.2. The lowest BCUT2D eigenvalue weighted by Gasteiger charge is -2.39. The molecule has 4 aromatic rings. The molecule has 1 aromatic carbocycles. The molecule has 7 heteroatoms. The van der Waals surface area contributed by atoms with Crippen molar-refractivity contribution < 1.29 is 4.39 Å². The maximum Gasteiger partial charge on any atom is 0.255 e. The Bertz CT molecular complexity index is 1260. The minimum Gasteiger partial charge on any atom is -0.342 e. The van der Waals surface area contributed by atoms with Crippen molar-refractivity contribution in [3.8, 4) is 16.9 Å². The number of halogens is 2. The van der Waals surface area contributed by atoms with Crippen LogP contribution < -0.4 is 5.56 Å². The topological polar surface area (TPSA) is 43.1 Å². The molecule has 0 atom stereocenters. The van der Waals surface area contributed by atoms with Crippen LogP contribution in [0, 0.1) is 0 Å². The van der Waals surface area contributed by atoms with E-state index in [4.69, 9.17) is 11.6 Å². The third-order valence-electron chi connectivity index (χ3n) is 5.66. The van der Waals surface area contributed by atoms with E-state index in [1.54, 1.807) is 35.2 Å². The van der Waals surface area contributed by atoms with Crippen LogP contribution in [0.4, 0.5) is 4.39 Å². The first-order valence-electron chi connectivity index (χ1n) is 9.86. The van der Waals surface area contributed by atoms with E-state index >= 15 is 0 Å². The summed E-state index contributed by atoms with van der Waals surface area (Å²) in [6.45, 7) is 1.94. The van der Waals surface area contributed by atoms with Gasteiger partial charge in [-0.1, -0.05) is 11.6 Å². The van der Waals surface area contributed by atoms with E-state index in [1.165, 1.54) is 0 Å². The van der Waals surface area contributed by atoms with Gasteiger partial charge in [-0.3, -0.25) is 19.2 Å². The average molecular weight is 423 g/mol. The Hall–Kier alpha value is -2.96. The number of likely N-dealkylation sites (tertiary alicyclic amines) is 1. The second-order valence-corrected chi connectivity index (χ2v) is 7.99. The zero-order chi connectivity index (χ0) is 20.7. The molecule has 5 nitrogen and oxygen atoms in total. The fraction of sp³-hybridized carbons (Fsp3) is 0.217. The fourth-order valence-corrected chi connectivity index (χ4v) is 4.15. The van der Waals surface area contributed by atoms with Crippen LogP contribution in [0.25, 0.3) is 27.8 Å². The normalized spacial score (nSPS) is 14.9. The SMILES string of the molecule is O=c1cc(-c2ccc(Cl)cn2)ccn1-c1ccc2c(ccn2C2CN(CCF)C2)c1. The lowest BCUT2D eigenvalue weighted by molar-refractivity contribution is 0.102. The lowest BCUT2D eigenvalue weighted by Crippen LogP contribution is -2.48. The molecule has 5 rings (SSSR count). The quantitative estimate of drug-likeness (QED) is 0.480. The Morgan fingerprint density at radius 2 is 1.93 bits per heavy atom. The van der Waals surface area contributed by atoms with Crippen LogP contribution in [0.15, 0.2) is 71.9 Å². The molecule has 1 saturated heterocycles. The fourth-order valence-electron chi connectivity index (χ4n) is 4.04. The summed E-state index contributed by atoms with van der Waals surface area (Å²) < 4.78 is 16.3. The van der Waals surface area contributed by atoms with E-state index in [1.807, 2.05) is 24.3 Å². The molecular weight excluding hydrogens is 403 g/mol. The minimum atomic E-state index is -0.301. The summed E-state index contributed by atoms with van der Waals surface area (Å²) in [7, 11) is 0. The van der Waals surface area contributed by atoms with E-state index < -0.39 is 0 Å². The van der Waals surface area contributed by atoms with Gasteiger partial charge >= 0.3 is 0 Å². The first-order valence-corrected chi connectivity index (χ1v) is 10.2. The van der Waals surface area contributed by atoms with Gasteiger partial charge in [0.05, 0.1) is 16.8 Å². The van der Waals surface area contributed by atoms with Crippen molar-refractivity contribution in [2.24, 2.45) is 0 Å². The number of aromatic nitrogens is 3.